The molecule has 25 heavy (non-hydrogen) atoms. The van der Waals surface area contributed by atoms with Crippen molar-refractivity contribution in [3.05, 3.63) is 65.2 Å². The maximum absolute atomic E-state index is 12.5. The minimum absolute atomic E-state index is 0.168. The molecular formula is C19H19NO5. The molecule has 0 aliphatic heterocycles. The van der Waals surface area contributed by atoms with Gasteiger partial charge in [-0.15, -0.1) is 0 Å². The number of esters is 2. The standard InChI is InChI=1S/C19H19NO5/c1-3-11-25-18(22)13-7-6-8-14(12-13)20-17(21)15-9-4-5-10-16(15)19(23)24-2/h4-10,12H,3,11H2,1-2H3,(H,20,21). The highest BCUT2D eigenvalue weighted by Crippen LogP contribution is 2.16. The third-order valence-corrected chi connectivity index (χ3v) is 3.37. The summed E-state index contributed by atoms with van der Waals surface area (Å²) in [6.45, 7) is 2.24. The number of hydrogen-bond acceptors (Lipinski definition) is 5. The fourth-order valence-corrected chi connectivity index (χ4v) is 2.17. The molecule has 130 valence electrons. The first-order valence-electron chi connectivity index (χ1n) is 7.82. The van der Waals surface area contributed by atoms with Crippen LogP contribution >= 0.6 is 0 Å². The topological polar surface area (TPSA) is 81.7 Å². The number of benzene rings is 2. The predicted octanol–water partition coefficient (Wildman–Crippen LogP) is 3.29. The molecule has 2 aromatic rings. The molecule has 0 radical (unpaired) electrons. The average molecular weight is 341 g/mol. The van der Waals surface area contributed by atoms with Gasteiger partial charge in [-0.1, -0.05) is 25.1 Å². The third kappa shape index (κ3) is 4.67. The lowest BCUT2D eigenvalue weighted by molar-refractivity contribution is 0.0504. The van der Waals surface area contributed by atoms with E-state index in [1.165, 1.54) is 25.3 Å². The van der Waals surface area contributed by atoms with Gasteiger partial charge in [0.15, 0.2) is 0 Å². The van der Waals surface area contributed by atoms with Gasteiger partial charge in [-0.2, -0.15) is 0 Å². The average Bonchev–Trinajstić information content (AvgIpc) is 2.65. The number of carbonyl (C=O) groups excluding carboxylic acids is 3. The largest absolute Gasteiger partial charge is 0.465 e. The van der Waals surface area contributed by atoms with E-state index in [0.717, 1.165) is 6.42 Å². The minimum atomic E-state index is -0.595. The van der Waals surface area contributed by atoms with Crippen LogP contribution in [0.4, 0.5) is 5.69 Å². The summed E-state index contributed by atoms with van der Waals surface area (Å²) in [7, 11) is 1.25. The number of rotatable bonds is 6. The van der Waals surface area contributed by atoms with E-state index >= 15 is 0 Å². The zero-order valence-corrected chi connectivity index (χ0v) is 14.1. The Morgan fingerprint density at radius 1 is 0.960 bits per heavy atom. The normalized spacial score (nSPS) is 10.0. The summed E-state index contributed by atoms with van der Waals surface area (Å²) in [6.07, 6.45) is 0.729. The van der Waals surface area contributed by atoms with Crippen molar-refractivity contribution in [2.24, 2.45) is 0 Å². The van der Waals surface area contributed by atoms with E-state index in [-0.39, 0.29) is 11.1 Å². The number of ether oxygens (including phenoxy) is 2. The molecule has 0 unspecified atom stereocenters. The molecule has 0 spiro atoms. The lowest BCUT2D eigenvalue weighted by atomic mass is 10.1. The molecule has 0 aromatic heterocycles. The lowest BCUT2D eigenvalue weighted by Gasteiger charge is -2.10. The van der Waals surface area contributed by atoms with Gasteiger partial charge in [0, 0.05) is 5.69 Å². The number of carbonyl (C=O) groups is 3. The molecule has 1 N–H and O–H groups in total. The molecule has 0 saturated carbocycles. The smallest absolute Gasteiger partial charge is 0.338 e. The van der Waals surface area contributed by atoms with Gasteiger partial charge in [0.05, 0.1) is 30.4 Å². The van der Waals surface area contributed by atoms with Crippen LogP contribution < -0.4 is 5.32 Å². The van der Waals surface area contributed by atoms with Crippen LogP contribution in [0.3, 0.4) is 0 Å². The van der Waals surface area contributed by atoms with Crippen molar-refractivity contribution in [2.45, 2.75) is 13.3 Å². The van der Waals surface area contributed by atoms with Crippen molar-refractivity contribution in [2.75, 3.05) is 19.0 Å². The first-order valence-corrected chi connectivity index (χ1v) is 7.82. The molecule has 0 bridgehead atoms. The summed E-state index contributed by atoms with van der Waals surface area (Å²) in [5.41, 5.74) is 1.12. The number of methoxy groups -OCH3 is 1. The fourth-order valence-electron chi connectivity index (χ4n) is 2.17. The van der Waals surface area contributed by atoms with Crippen LogP contribution in [0.15, 0.2) is 48.5 Å². The third-order valence-electron chi connectivity index (χ3n) is 3.37. The maximum Gasteiger partial charge on any atom is 0.338 e. The summed E-state index contributed by atoms with van der Waals surface area (Å²) in [6, 6.07) is 12.8. The van der Waals surface area contributed by atoms with E-state index in [1.807, 2.05) is 6.92 Å². The van der Waals surface area contributed by atoms with Crippen LogP contribution in [0.1, 0.15) is 44.4 Å². The minimum Gasteiger partial charge on any atom is -0.465 e. The van der Waals surface area contributed by atoms with Crippen molar-refractivity contribution in [1.82, 2.24) is 0 Å². The van der Waals surface area contributed by atoms with Crippen molar-refractivity contribution in [1.29, 1.82) is 0 Å². The van der Waals surface area contributed by atoms with E-state index in [2.05, 4.69) is 10.1 Å². The van der Waals surface area contributed by atoms with Gasteiger partial charge in [0.1, 0.15) is 0 Å². The van der Waals surface area contributed by atoms with Gasteiger partial charge in [-0.25, -0.2) is 9.59 Å². The summed E-state index contributed by atoms with van der Waals surface area (Å²) >= 11 is 0. The van der Waals surface area contributed by atoms with Gasteiger partial charge in [-0.3, -0.25) is 4.79 Å². The first-order chi connectivity index (χ1) is 12.1. The van der Waals surface area contributed by atoms with Crippen LogP contribution in [0, 0.1) is 0 Å². The van der Waals surface area contributed by atoms with Crippen LogP contribution in [0.25, 0.3) is 0 Å². The second-order valence-electron chi connectivity index (χ2n) is 5.21. The van der Waals surface area contributed by atoms with Gasteiger partial charge < -0.3 is 14.8 Å². The van der Waals surface area contributed by atoms with Crippen LogP contribution in [-0.2, 0) is 9.47 Å². The molecule has 0 heterocycles. The zero-order valence-electron chi connectivity index (χ0n) is 14.1. The molecule has 0 saturated heterocycles. The molecule has 6 heteroatoms. The van der Waals surface area contributed by atoms with E-state index in [1.54, 1.807) is 30.3 Å². The highest BCUT2D eigenvalue weighted by Gasteiger charge is 2.17. The summed E-state index contributed by atoms with van der Waals surface area (Å²) < 4.78 is 9.76. The Balaban J connectivity index is 2.19. The fraction of sp³-hybridized carbons (Fsp3) is 0.211. The maximum atomic E-state index is 12.5. The van der Waals surface area contributed by atoms with Crippen LogP contribution in [-0.4, -0.2) is 31.6 Å². The molecule has 2 rings (SSSR count). The highest BCUT2D eigenvalue weighted by atomic mass is 16.5. The van der Waals surface area contributed by atoms with Crippen molar-refractivity contribution >= 4 is 23.5 Å². The molecule has 0 atom stereocenters. The zero-order chi connectivity index (χ0) is 18.2. The number of nitrogens with one attached hydrogen (secondary N) is 1. The SMILES string of the molecule is CCCOC(=O)c1cccc(NC(=O)c2ccccc2C(=O)OC)c1. The van der Waals surface area contributed by atoms with Crippen molar-refractivity contribution in [3.8, 4) is 0 Å². The second kappa shape index (κ2) is 8.63. The molecule has 0 aliphatic carbocycles. The van der Waals surface area contributed by atoms with E-state index < -0.39 is 17.8 Å². The number of hydrogen-bond donors (Lipinski definition) is 1. The molecule has 2 aromatic carbocycles. The summed E-state index contributed by atoms with van der Waals surface area (Å²) in [5, 5.41) is 2.67. The monoisotopic (exact) mass is 341 g/mol. The molecule has 0 fully saturated rings. The van der Waals surface area contributed by atoms with E-state index in [0.29, 0.717) is 17.9 Å². The Bertz CT molecular complexity index is 785. The van der Waals surface area contributed by atoms with Crippen molar-refractivity contribution in [3.63, 3.8) is 0 Å². The van der Waals surface area contributed by atoms with E-state index in [9.17, 15) is 14.4 Å². The predicted molar refractivity (Wildman–Crippen MR) is 92.8 cm³/mol. The Morgan fingerprint density at radius 3 is 2.36 bits per heavy atom. The lowest BCUT2D eigenvalue weighted by Crippen LogP contribution is -2.17. The van der Waals surface area contributed by atoms with Gasteiger partial charge in [-0.05, 0) is 36.8 Å². The van der Waals surface area contributed by atoms with Gasteiger partial charge in [0.2, 0.25) is 0 Å². The van der Waals surface area contributed by atoms with Gasteiger partial charge in [0.25, 0.3) is 5.91 Å². The highest BCUT2D eigenvalue weighted by molar-refractivity contribution is 6.11. The molecule has 1 amide bonds. The van der Waals surface area contributed by atoms with Crippen molar-refractivity contribution < 1.29 is 23.9 Å². The summed E-state index contributed by atoms with van der Waals surface area (Å²) in [4.78, 5) is 36.1. The Hall–Kier alpha value is -3.15. The quantitative estimate of drug-likeness (QED) is 0.815. The summed E-state index contributed by atoms with van der Waals surface area (Å²) in [5.74, 6) is -1.52. The molecule has 6 nitrogen and oxygen atoms in total. The second-order valence-corrected chi connectivity index (χ2v) is 5.21. The Morgan fingerprint density at radius 2 is 1.68 bits per heavy atom. The first kappa shape index (κ1) is 18.2. The Labute approximate surface area is 145 Å². The molecule has 0 aliphatic rings. The Kier molecular flexibility index (Phi) is 6.28. The molecular weight excluding hydrogens is 322 g/mol. The number of anilines is 1. The van der Waals surface area contributed by atoms with Crippen LogP contribution in [0.2, 0.25) is 0 Å². The van der Waals surface area contributed by atoms with E-state index in [4.69, 9.17) is 4.74 Å². The van der Waals surface area contributed by atoms with Crippen LogP contribution in [0.5, 0.6) is 0 Å². The van der Waals surface area contributed by atoms with Gasteiger partial charge >= 0.3 is 11.9 Å². The number of amides is 1.